The van der Waals surface area contributed by atoms with Crippen LogP contribution >= 0.6 is 11.6 Å². The molecule has 1 amide bonds. The summed E-state index contributed by atoms with van der Waals surface area (Å²) in [5.74, 6) is -0.0618. The number of anilines is 1. The highest BCUT2D eigenvalue weighted by atomic mass is 35.5. The number of rotatable bonds is 2. The van der Waals surface area contributed by atoms with Gasteiger partial charge >= 0.3 is 0 Å². The van der Waals surface area contributed by atoms with E-state index in [1.165, 1.54) is 5.56 Å². The van der Waals surface area contributed by atoms with Gasteiger partial charge in [-0.3, -0.25) is 9.89 Å². The number of benzene rings is 2. The zero-order chi connectivity index (χ0) is 16.7. The molecule has 2 heterocycles. The van der Waals surface area contributed by atoms with Crippen LogP contribution in [-0.2, 0) is 6.42 Å². The molecule has 1 atom stereocenters. The molecule has 0 fully saturated rings. The van der Waals surface area contributed by atoms with E-state index in [1.54, 1.807) is 6.07 Å². The Kier molecular flexibility index (Phi) is 3.62. The highest BCUT2D eigenvalue weighted by molar-refractivity contribution is 6.30. The van der Waals surface area contributed by atoms with Crippen LogP contribution in [0, 0.1) is 0 Å². The number of carbonyl (C=O) groups excluding carboxylic acids is 1. The second-order valence-electron chi connectivity index (χ2n) is 6.03. The van der Waals surface area contributed by atoms with Crippen molar-refractivity contribution in [3.63, 3.8) is 0 Å². The summed E-state index contributed by atoms with van der Waals surface area (Å²) in [7, 11) is 0. The molecule has 0 saturated heterocycles. The van der Waals surface area contributed by atoms with Crippen molar-refractivity contribution >= 4 is 23.2 Å². The van der Waals surface area contributed by atoms with Crippen LogP contribution in [0.2, 0.25) is 5.02 Å². The quantitative estimate of drug-likeness (QED) is 0.757. The fraction of sp³-hybridized carbons (Fsp3) is 0.158. The molecule has 2 aromatic carbocycles. The number of aromatic amines is 1. The number of hydrogen-bond donors (Lipinski definition) is 1. The second kappa shape index (κ2) is 5.80. The summed E-state index contributed by atoms with van der Waals surface area (Å²) in [5.41, 5.74) is 4.25. The predicted octanol–water partition coefficient (Wildman–Crippen LogP) is 4.32. The lowest BCUT2D eigenvalue weighted by atomic mass is 10.1. The Hall–Kier alpha value is -2.59. The molecule has 3 aromatic rings. The molecule has 1 N–H and O–H groups in total. The van der Waals surface area contributed by atoms with Gasteiger partial charge in [-0.15, -0.1) is 0 Å². The van der Waals surface area contributed by atoms with E-state index < -0.39 is 0 Å². The van der Waals surface area contributed by atoms with Crippen molar-refractivity contribution < 1.29 is 4.79 Å². The second-order valence-corrected chi connectivity index (χ2v) is 6.47. The van der Waals surface area contributed by atoms with Gasteiger partial charge in [0.25, 0.3) is 5.91 Å². The molecule has 0 saturated carbocycles. The van der Waals surface area contributed by atoms with Gasteiger partial charge in [0.2, 0.25) is 0 Å². The van der Waals surface area contributed by atoms with Gasteiger partial charge in [-0.25, -0.2) is 0 Å². The fourth-order valence-corrected chi connectivity index (χ4v) is 3.42. The molecule has 1 aromatic heterocycles. The van der Waals surface area contributed by atoms with Crippen molar-refractivity contribution in [2.75, 3.05) is 4.90 Å². The maximum Gasteiger partial charge on any atom is 0.276 e. The van der Waals surface area contributed by atoms with Crippen LogP contribution in [0.5, 0.6) is 0 Å². The lowest BCUT2D eigenvalue weighted by Gasteiger charge is -2.21. The van der Waals surface area contributed by atoms with Crippen LogP contribution in [0.3, 0.4) is 0 Å². The number of carbonyl (C=O) groups is 1. The maximum atomic E-state index is 13.0. The van der Waals surface area contributed by atoms with Gasteiger partial charge in [0.15, 0.2) is 0 Å². The third-order valence-corrected chi connectivity index (χ3v) is 4.59. The number of nitrogens with one attached hydrogen (secondary N) is 1. The van der Waals surface area contributed by atoms with Crippen LogP contribution in [0.1, 0.15) is 23.0 Å². The van der Waals surface area contributed by atoms with Crippen molar-refractivity contribution in [1.29, 1.82) is 0 Å². The van der Waals surface area contributed by atoms with Gasteiger partial charge in [0.1, 0.15) is 5.69 Å². The van der Waals surface area contributed by atoms with E-state index in [1.807, 2.05) is 47.4 Å². The predicted molar refractivity (Wildman–Crippen MR) is 95.5 cm³/mol. The summed E-state index contributed by atoms with van der Waals surface area (Å²) in [4.78, 5) is 14.8. The Morgan fingerprint density at radius 1 is 1.21 bits per heavy atom. The zero-order valence-electron chi connectivity index (χ0n) is 13.2. The van der Waals surface area contributed by atoms with E-state index in [-0.39, 0.29) is 11.9 Å². The monoisotopic (exact) mass is 337 g/mol. The Morgan fingerprint density at radius 3 is 2.88 bits per heavy atom. The molecule has 4 rings (SSSR count). The van der Waals surface area contributed by atoms with Crippen molar-refractivity contribution in [3.8, 4) is 11.3 Å². The normalized spacial score (nSPS) is 16.2. The van der Waals surface area contributed by atoms with E-state index >= 15 is 0 Å². The number of para-hydroxylation sites is 1. The first-order valence-electron chi connectivity index (χ1n) is 7.86. The maximum absolute atomic E-state index is 13.0. The summed E-state index contributed by atoms with van der Waals surface area (Å²) >= 11 is 6.03. The lowest BCUT2D eigenvalue weighted by Crippen LogP contribution is -2.35. The van der Waals surface area contributed by atoms with Crippen LogP contribution in [0.4, 0.5) is 5.69 Å². The first-order chi connectivity index (χ1) is 11.6. The summed E-state index contributed by atoms with van der Waals surface area (Å²) in [6, 6.07) is 17.4. The smallest absolute Gasteiger partial charge is 0.276 e. The molecule has 0 spiro atoms. The zero-order valence-corrected chi connectivity index (χ0v) is 13.9. The minimum Gasteiger partial charge on any atom is -0.304 e. The summed E-state index contributed by atoms with van der Waals surface area (Å²) in [5, 5.41) is 7.78. The van der Waals surface area contributed by atoms with Crippen LogP contribution < -0.4 is 4.90 Å². The van der Waals surface area contributed by atoms with E-state index in [0.29, 0.717) is 16.4 Å². The van der Waals surface area contributed by atoms with Gasteiger partial charge in [-0.1, -0.05) is 41.9 Å². The molecule has 4 nitrogen and oxygen atoms in total. The van der Waals surface area contributed by atoms with Crippen LogP contribution in [0.15, 0.2) is 54.6 Å². The minimum atomic E-state index is -0.0618. The molecular formula is C19H16ClN3O. The highest BCUT2D eigenvalue weighted by Gasteiger charge is 2.32. The third kappa shape index (κ3) is 2.49. The number of aromatic nitrogens is 2. The first kappa shape index (κ1) is 15.0. The van der Waals surface area contributed by atoms with Crippen LogP contribution in [-0.4, -0.2) is 22.1 Å². The number of fused-ring (bicyclic) bond motifs is 1. The Labute approximate surface area is 145 Å². The molecule has 0 aliphatic carbocycles. The van der Waals surface area contributed by atoms with Crippen molar-refractivity contribution in [2.24, 2.45) is 0 Å². The number of H-pyrrole nitrogens is 1. The van der Waals surface area contributed by atoms with Gasteiger partial charge in [0, 0.05) is 22.3 Å². The summed E-state index contributed by atoms with van der Waals surface area (Å²) in [6.45, 7) is 2.06. The van der Waals surface area contributed by atoms with Gasteiger partial charge in [-0.2, -0.15) is 5.10 Å². The number of nitrogens with zero attached hydrogens (tertiary/aromatic N) is 2. The minimum absolute atomic E-state index is 0.0618. The van der Waals surface area contributed by atoms with Gasteiger partial charge in [-0.05, 0) is 43.2 Å². The molecular weight excluding hydrogens is 322 g/mol. The van der Waals surface area contributed by atoms with Crippen molar-refractivity contribution in [3.05, 3.63) is 70.9 Å². The Balaban J connectivity index is 1.67. The first-order valence-corrected chi connectivity index (χ1v) is 8.24. The van der Waals surface area contributed by atoms with Crippen molar-refractivity contribution in [1.82, 2.24) is 10.2 Å². The van der Waals surface area contributed by atoms with Crippen molar-refractivity contribution in [2.45, 2.75) is 19.4 Å². The molecule has 0 unspecified atom stereocenters. The van der Waals surface area contributed by atoms with E-state index in [0.717, 1.165) is 17.7 Å². The van der Waals surface area contributed by atoms with Gasteiger partial charge in [0.05, 0.1) is 5.69 Å². The molecule has 1 aliphatic rings. The summed E-state index contributed by atoms with van der Waals surface area (Å²) < 4.78 is 0. The Bertz CT molecular complexity index is 918. The average molecular weight is 338 g/mol. The topological polar surface area (TPSA) is 49.0 Å². The average Bonchev–Trinajstić information content (AvgIpc) is 3.18. The number of hydrogen-bond acceptors (Lipinski definition) is 2. The molecule has 24 heavy (non-hydrogen) atoms. The molecule has 1 aliphatic heterocycles. The highest BCUT2D eigenvalue weighted by Crippen LogP contribution is 2.33. The van der Waals surface area contributed by atoms with E-state index in [9.17, 15) is 4.79 Å². The molecule has 0 bridgehead atoms. The molecule has 5 heteroatoms. The largest absolute Gasteiger partial charge is 0.304 e. The fourth-order valence-electron chi connectivity index (χ4n) is 3.23. The molecule has 120 valence electrons. The SMILES string of the molecule is C[C@H]1Cc2ccccc2N1C(=O)c1cc(-c2cccc(Cl)c2)n[nH]1. The third-order valence-electron chi connectivity index (χ3n) is 4.35. The van der Waals surface area contributed by atoms with Crippen LogP contribution in [0.25, 0.3) is 11.3 Å². The summed E-state index contributed by atoms with van der Waals surface area (Å²) in [6.07, 6.45) is 0.872. The Morgan fingerprint density at radius 2 is 2.04 bits per heavy atom. The van der Waals surface area contributed by atoms with E-state index in [4.69, 9.17) is 11.6 Å². The standard InChI is InChI=1S/C19H16ClN3O/c1-12-9-14-5-2-3-8-18(14)23(12)19(24)17-11-16(21-22-17)13-6-4-7-15(20)10-13/h2-8,10-12H,9H2,1H3,(H,21,22)/t12-/m0/s1. The number of amides is 1. The molecule has 0 radical (unpaired) electrons. The lowest BCUT2D eigenvalue weighted by molar-refractivity contribution is 0.0976. The van der Waals surface area contributed by atoms with Gasteiger partial charge < -0.3 is 4.90 Å². The number of halogens is 1. The van der Waals surface area contributed by atoms with E-state index in [2.05, 4.69) is 23.2 Å².